The largest absolute Gasteiger partial charge is 0.477 e. The highest BCUT2D eigenvalue weighted by atomic mass is 16.5. The third kappa shape index (κ3) is 2.03. The minimum Gasteiger partial charge on any atom is -0.477 e. The summed E-state index contributed by atoms with van der Waals surface area (Å²) in [5.41, 5.74) is 5.76. The summed E-state index contributed by atoms with van der Waals surface area (Å²) in [7, 11) is 0. The molecule has 1 aromatic carbocycles. The summed E-state index contributed by atoms with van der Waals surface area (Å²) in [6, 6.07) is 2.10. The molecule has 2 aromatic rings. The van der Waals surface area contributed by atoms with E-state index in [9.17, 15) is 9.90 Å². The Bertz CT molecular complexity index is 642. The first-order chi connectivity index (χ1) is 8.84. The van der Waals surface area contributed by atoms with Crippen molar-refractivity contribution in [2.24, 2.45) is 0 Å². The molecule has 0 aliphatic rings. The highest BCUT2D eigenvalue weighted by molar-refractivity contribution is 5.96. The number of hydrogen-bond acceptors (Lipinski definition) is 3. The van der Waals surface area contributed by atoms with Crippen LogP contribution in [-0.4, -0.2) is 16.2 Å². The van der Waals surface area contributed by atoms with Gasteiger partial charge in [0.25, 0.3) is 0 Å². The predicted octanol–water partition coefficient (Wildman–Crippen LogP) is 3.58. The van der Waals surface area contributed by atoms with E-state index in [0.29, 0.717) is 11.5 Å². The molecular formula is C15H17NO3. The van der Waals surface area contributed by atoms with Crippen molar-refractivity contribution in [2.45, 2.75) is 34.6 Å². The molecule has 0 saturated carbocycles. The van der Waals surface area contributed by atoms with E-state index in [0.717, 1.165) is 27.8 Å². The molecule has 0 unspecified atom stereocenters. The average Bonchev–Trinajstić information content (AvgIpc) is 2.69. The molecule has 0 spiro atoms. The summed E-state index contributed by atoms with van der Waals surface area (Å²) < 4.78 is 5.07. The summed E-state index contributed by atoms with van der Waals surface area (Å²) in [4.78, 5) is 11.4. The third-order valence-corrected chi connectivity index (χ3v) is 3.68. The average molecular weight is 259 g/mol. The van der Waals surface area contributed by atoms with Crippen molar-refractivity contribution in [1.82, 2.24) is 5.16 Å². The Hall–Kier alpha value is -2.10. The second-order valence-corrected chi connectivity index (χ2v) is 4.90. The minimum atomic E-state index is -1.01. The summed E-state index contributed by atoms with van der Waals surface area (Å²) in [6.45, 7) is 9.60. The Kier molecular flexibility index (Phi) is 3.18. The summed E-state index contributed by atoms with van der Waals surface area (Å²) >= 11 is 0. The molecule has 0 saturated heterocycles. The number of carboxylic acid groups (broad SMARTS) is 1. The van der Waals surface area contributed by atoms with Crippen LogP contribution in [0.15, 0.2) is 10.6 Å². The Balaban J connectivity index is 2.83. The van der Waals surface area contributed by atoms with E-state index >= 15 is 0 Å². The number of benzene rings is 1. The zero-order valence-corrected chi connectivity index (χ0v) is 11.8. The maximum Gasteiger partial charge on any atom is 0.341 e. The molecule has 4 heteroatoms. The van der Waals surface area contributed by atoms with Gasteiger partial charge in [-0.1, -0.05) is 11.2 Å². The second kappa shape index (κ2) is 4.53. The summed E-state index contributed by atoms with van der Waals surface area (Å²) in [5, 5.41) is 13.3. The zero-order valence-electron chi connectivity index (χ0n) is 11.8. The quantitative estimate of drug-likeness (QED) is 0.895. The first kappa shape index (κ1) is 13.3. The molecular weight excluding hydrogens is 242 g/mol. The van der Waals surface area contributed by atoms with Crippen molar-refractivity contribution >= 4 is 5.97 Å². The van der Waals surface area contributed by atoms with Gasteiger partial charge in [-0.05, 0) is 56.9 Å². The number of rotatable bonds is 2. The predicted molar refractivity (Wildman–Crippen MR) is 72.6 cm³/mol. The fraction of sp³-hybridized carbons (Fsp3) is 0.333. The molecule has 0 bridgehead atoms. The first-order valence-electron chi connectivity index (χ1n) is 6.12. The van der Waals surface area contributed by atoms with Crippen LogP contribution >= 0.6 is 0 Å². The minimum absolute atomic E-state index is 0.149. The molecule has 1 heterocycles. The van der Waals surface area contributed by atoms with Crippen molar-refractivity contribution in [2.75, 3.05) is 0 Å². The van der Waals surface area contributed by atoms with E-state index in [1.165, 1.54) is 0 Å². The van der Waals surface area contributed by atoms with Crippen LogP contribution in [0.4, 0.5) is 0 Å². The van der Waals surface area contributed by atoms with Gasteiger partial charge in [0.15, 0.2) is 0 Å². The lowest BCUT2D eigenvalue weighted by Gasteiger charge is -2.13. The Morgan fingerprint density at radius 2 is 1.63 bits per heavy atom. The number of nitrogens with zero attached hydrogens (tertiary/aromatic N) is 1. The van der Waals surface area contributed by atoms with Gasteiger partial charge < -0.3 is 9.63 Å². The number of aryl methyl sites for hydroxylation is 3. The molecule has 0 aliphatic carbocycles. The maximum absolute atomic E-state index is 11.4. The third-order valence-electron chi connectivity index (χ3n) is 3.68. The topological polar surface area (TPSA) is 63.3 Å². The van der Waals surface area contributed by atoms with Crippen LogP contribution < -0.4 is 0 Å². The molecule has 0 atom stereocenters. The van der Waals surface area contributed by atoms with E-state index in [4.69, 9.17) is 4.52 Å². The molecule has 0 radical (unpaired) electrons. The van der Waals surface area contributed by atoms with Gasteiger partial charge in [-0.25, -0.2) is 4.79 Å². The van der Waals surface area contributed by atoms with Gasteiger partial charge in [0.1, 0.15) is 17.0 Å². The van der Waals surface area contributed by atoms with Crippen LogP contribution in [0.25, 0.3) is 11.3 Å². The van der Waals surface area contributed by atoms with Crippen LogP contribution in [0, 0.1) is 34.6 Å². The van der Waals surface area contributed by atoms with E-state index in [1.54, 1.807) is 6.92 Å². The van der Waals surface area contributed by atoms with Crippen LogP contribution in [0.2, 0.25) is 0 Å². The highest BCUT2D eigenvalue weighted by Gasteiger charge is 2.24. The van der Waals surface area contributed by atoms with Crippen molar-refractivity contribution < 1.29 is 14.4 Å². The van der Waals surface area contributed by atoms with Gasteiger partial charge in [-0.15, -0.1) is 0 Å². The molecule has 4 nitrogen and oxygen atoms in total. The number of carbonyl (C=O) groups is 1. The molecule has 1 aromatic heterocycles. The molecule has 0 aliphatic heterocycles. The normalized spacial score (nSPS) is 10.8. The fourth-order valence-electron chi connectivity index (χ4n) is 2.37. The molecule has 0 fully saturated rings. The lowest BCUT2D eigenvalue weighted by atomic mass is 9.90. The van der Waals surface area contributed by atoms with Crippen LogP contribution in [-0.2, 0) is 0 Å². The lowest BCUT2D eigenvalue weighted by molar-refractivity contribution is 0.0696. The monoisotopic (exact) mass is 259 g/mol. The standard InChI is InChI=1S/C15H17NO3/c1-7-6-8(2)10(4)12(9(7)3)14-13(15(17)18)11(5)19-16-14/h6H,1-5H3,(H,17,18). The summed E-state index contributed by atoms with van der Waals surface area (Å²) in [5.74, 6) is -0.674. The highest BCUT2D eigenvalue weighted by Crippen LogP contribution is 2.34. The van der Waals surface area contributed by atoms with E-state index in [2.05, 4.69) is 11.2 Å². The van der Waals surface area contributed by atoms with Gasteiger partial charge in [0.05, 0.1) is 0 Å². The molecule has 19 heavy (non-hydrogen) atoms. The van der Waals surface area contributed by atoms with Crippen molar-refractivity contribution in [3.05, 3.63) is 39.6 Å². The Morgan fingerprint density at radius 1 is 1.11 bits per heavy atom. The van der Waals surface area contributed by atoms with Crippen LogP contribution in [0.1, 0.15) is 38.4 Å². The fourth-order valence-corrected chi connectivity index (χ4v) is 2.37. The van der Waals surface area contributed by atoms with Gasteiger partial charge in [0.2, 0.25) is 0 Å². The van der Waals surface area contributed by atoms with Gasteiger partial charge >= 0.3 is 5.97 Å². The molecule has 100 valence electrons. The first-order valence-corrected chi connectivity index (χ1v) is 6.12. The van der Waals surface area contributed by atoms with Gasteiger partial charge in [-0.3, -0.25) is 0 Å². The van der Waals surface area contributed by atoms with Crippen molar-refractivity contribution in [3.63, 3.8) is 0 Å². The van der Waals surface area contributed by atoms with Crippen LogP contribution in [0.5, 0.6) is 0 Å². The number of aromatic nitrogens is 1. The number of carboxylic acids is 1. The smallest absolute Gasteiger partial charge is 0.341 e. The van der Waals surface area contributed by atoms with Crippen molar-refractivity contribution in [1.29, 1.82) is 0 Å². The van der Waals surface area contributed by atoms with Gasteiger partial charge in [0, 0.05) is 5.56 Å². The SMILES string of the molecule is Cc1cc(C)c(C)c(-c2noc(C)c2C(=O)O)c1C. The Labute approximate surface area is 112 Å². The van der Waals surface area contributed by atoms with E-state index < -0.39 is 5.97 Å². The molecule has 0 amide bonds. The van der Waals surface area contributed by atoms with E-state index in [-0.39, 0.29) is 5.56 Å². The zero-order chi connectivity index (χ0) is 14.3. The Morgan fingerprint density at radius 3 is 2.11 bits per heavy atom. The van der Waals surface area contributed by atoms with Crippen molar-refractivity contribution in [3.8, 4) is 11.3 Å². The number of hydrogen-bond donors (Lipinski definition) is 1. The number of aromatic carboxylic acids is 1. The molecule has 2 rings (SSSR count). The molecule has 1 N–H and O–H groups in total. The second-order valence-electron chi connectivity index (χ2n) is 4.90. The van der Waals surface area contributed by atoms with Gasteiger partial charge in [-0.2, -0.15) is 0 Å². The maximum atomic E-state index is 11.4. The lowest BCUT2D eigenvalue weighted by Crippen LogP contribution is -2.02. The summed E-state index contributed by atoms with van der Waals surface area (Å²) in [6.07, 6.45) is 0. The van der Waals surface area contributed by atoms with Crippen LogP contribution in [0.3, 0.4) is 0 Å². The van der Waals surface area contributed by atoms with E-state index in [1.807, 2.05) is 27.7 Å².